The van der Waals surface area contributed by atoms with Gasteiger partial charge in [0.2, 0.25) is 0 Å². The molecule has 0 aliphatic carbocycles. The number of halogens is 1. The molecule has 1 aliphatic rings. The maximum atomic E-state index is 5.23. The lowest BCUT2D eigenvalue weighted by Gasteiger charge is -2.29. The molecule has 1 aromatic carbocycles. The highest BCUT2D eigenvalue weighted by Gasteiger charge is 2.15. The van der Waals surface area contributed by atoms with Crippen LogP contribution in [0.4, 0.5) is 0 Å². The van der Waals surface area contributed by atoms with E-state index in [-0.39, 0.29) is 0 Å². The van der Waals surface area contributed by atoms with Gasteiger partial charge in [-0.3, -0.25) is 0 Å². The third-order valence-corrected chi connectivity index (χ3v) is 4.15. The van der Waals surface area contributed by atoms with Crippen LogP contribution in [0, 0.1) is 0 Å². The molecule has 18 heavy (non-hydrogen) atoms. The van der Waals surface area contributed by atoms with Crippen molar-refractivity contribution in [1.29, 1.82) is 0 Å². The van der Waals surface area contributed by atoms with E-state index in [1.165, 1.54) is 31.5 Å². The van der Waals surface area contributed by atoms with Gasteiger partial charge in [0, 0.05) is 12.6 Å². The summed E-state index contributed by atoms with van der Waals surface area (Å²) in [7, 11) is 3.88. The van der Waals surface area contributed by atoms with Gasteiger partial charge in [-0.2, -0.15) is 0 Å². The highest BCUT2D eigenvalue weighted by molar-refractivity contribution is 9.10. The summed E-state index contributed by atoms with van der Waals surface area (Å²) in [4.78, 5) is 2.39. The predicted molar refractivity (Wildman–Crippen MR) is 78.1 cm³/mol. The molecule has 1 aliphatic heterocycles. The molecular formula is C14H21BrN2O. The second-order valence-electron chi connectivity index (χ2n) is 4.93. The minimum atomic E-state index is 0.655. The number of ether oxygens (including phenoxy) is 1. The van der Waals surface area contributed by atoms with Crippen LogP contribution in [0.25, 0.3) is 0 Å². The maximum Gasteiger partial charge on any atom is 0.133 e. The van der Waals surface area contributed by atoms with Gasteiger partial charge in [-0.1, -0.05) is 6.07 Å². The number of nitrogens with zero attached hydrogens (tertiary/aromatic N) is 1. The molecule has 3 nitrogen and oxygen atoms in total. The lowest BCUT2D eigenvalue weighted by atomic mass is 10.1. The average molecular weight is 313 g/mol. The van der Waals surface area contributed by atoms with Crippen LogP contribution in [0.15, 0.2) is 22.7 Å². The first-order chi connectivity index (χ1) is 8.69. The lowest BCUT2D eigenvalue weighted by molar-refractivity contribution is 0.234. The minimum Gasteiger partial charge on any atom is -0.496 e. The molecule has 2 rings (SSSR count). The Morgan fingerprint density at radius 1 is 1.39 bits per heavy atom. The van der Waals surface area contributed by atoms with Gasteiger partial charge in [0.15, 0.2) is 0 Å². The van der Waals surface area contributed by atoms with Gasteiger partial charge in [0.25, 0.3) is 0 Å². The fourth-order valence-corrected chi connectivity index (χ4v) is 2.88. The number of piperidine rings is 1. The molecule has 4 heteroatoms. The van der Waals surface area contributed by atoms with E-state index in [9.17, 15) is 0 Å². The number of rotatable bonds is 4. The Morgan fingerprint density at radius 3 is 2.72 bits per heavy atom. The highest BCUT2D eigenvalue weighted by atomic mass is 79.9. The molecule has 100 valence electrons. The number of benzene rings is 1. The van der Waals surface area contributed by atoms with E-state index in [1.54, 1.807) is 7.11 Å². The van der Waals surface area contributed by atoms with E-state index in [0.717, 1.165) is 16.8 Å². The minimum absolute atomic E-state index is 0.655. The summed E-state index contributed by atoms with van der Waals surface area (Å²) < 4.78 is 6.25. The van der Waals surface area contributed by atoms with Crippen LogP contribution >= 0.6 is 15.9 Å². The Labute approximate surface area is 118 Å². The molecule has 0 saturated carbocycles. The third-order valence-electron chi connectivity index (χ3n) is 3.53. The molecule has 1 N–H and O–H groups in total. The summed E-state index contributed by atoms with van der Waals surface area (Å²) in [5.41, 5.74) is 1.29. The molecule has 0 bridgehead atoms. The number of hydrogen-bond donors (Lipinski definition) is 1. The molecule has 1 aromatic rings. The maximum absolute atomic E-state index is 5.23. The zero-order chi connectivity index (χ0) is 13.0. The van der Waals surface area contributed by atoms with Gasteiger partial charge in [-0.25, -0.2) is 0 Å². The van der Waals surface area contributed by atoms with E-state index in [1.807, 2.05) is 6.07 Å². The van der Waals surface area contributed by atoms with Crippen molar-refractivity contribution >= 4 is 15.9 Å². The first-order valence-corrected chi connectivity index (χ1v) is 7.22. The van der Waals surface area contributed by atoms with E-state index in [2.05, 4.69) is 45.3 Å². The van der Waals surface area contributed by atoms with Crippen LogP contribution in [0.1, 0.15) is 18.4 Å². The monoisotopic (exact) mass is 312 g/mol. The number of nitrogens with one attached hydrogen (secondary N) is 1. The van der Waals surface area contributed by atoms with Crippen molar-refractivity contribution in [2.24, 2.45) is 0 Å². The van der Waals surface area contributed by atoms with Crippen LogP contribution in [0.5, 0.6) is 5.75 Å². The number of methoxy groups -OCH3 is 1. The largest absolute Gasteiger partial charge is 0.496 e. The van der Waals surface area contributed by atoms with Crippen molar-refractivity contribution in [2.75, 3.05) is 27.2 Å². The van der Waals surface area contributed by atoms with Gasteiger partial charge in [0.05, 0.1) is 11.6 Å². The quantitative estimate of drug-likeness (QED) is 0.925. The van der Waals surface area contributed by atoms with Crippen molar-refractivity contribution in [3.63, 3.8) is 0 Å². The summed E-state index contributed by atoms with van der Waals surface area (Å²) in [5.74, 6) is 0.887. The summed E-state index contributed by atoms with van der Waals surface area (Å²) in [6, 6.07) is 6.91. The van der Waals surface area contributed by atoms with Crippen molar-refractivity contribution in [1.82, 2.24) is 10.2 Å². The number of hydrogen-bond acceptors (Lipinski definition) is 3. The summed E-state index contributed by atoms with van der Waals surface area (Å²) in [6.07, 6.45) is 2.49. The van der Waals surface area contributed by atoms with Crippen molar-refractivity contribution in [3.8, 4) is 5.75 Å². The van der Waals surface area contributed by atoms with Gasteiger partial charge in [-0.05, 0) is 66.6 Å². The highest BCUT2D eigenvalue weighted by Crippen LogP contribution is 2.25. The van der Waals surface area contributed by atoms with E-state index >= 15 is 0 Å². The molecule has 0 atom stereocenters. The van der Waals surface area contributed by atoms with Crippen LogP contribution in [-0.2, 0) is 6.54 Å². The molecule has 0 amide bonds. The second-order valence-corrected chi connectivity index (χ2v) is 5.78. The summed E-state index contributed by atoms with van der Waals surface area (Å²) in [5, 5.41) is 3.63. The average Bonchev–Trinajstić information content (AvgIpc) is 2.38. The first kappa shape index (κ1) is 13.8. The van der Waals surface area contributed by atoms with E-state index in [0.29, 0.717) is 6.04 Å². The Bertz CT molecular complexity index is 389. The Balaban J connectivity index is 1.84. The van der Waals surface area contributed by atoms with E-state index in [4.69, 9.17) is 4.74 Å². The Morgan fingerprint density at radius 2 is 2.11 bits per heavy atom. The van der Waals surface area contributed by atoms with Crippen LogP contribution in [-0.4, -0.2) is 38.2 Å². The lowest BCUT2D eigenvalue weighted by Crippen LogP contribution is -2.40. The summed E-state index contributed by atoms with van der Waals surface area (Å²) >= 11 is 3.52. The van der Waals surface area contributed by atoms with Crippen molar-refractivity contribution < 1.29 is 4.74 Å². The zero-order valence-corrected chi connectivity index (χ0v) is 12.7. The fraction of sp³-hybridized carbons (Fsp3) is 0.571. The molecule has 1 saturated heterocycles. The molecule has 0 radical (unpaired) electrons. The fourth-order valence-electron chi connectivity index (χ4n) is 2.29. The molecule has 1 heterocycles. The smallest absolute Gasteiger partial charge is 0.133 e. The van der Waals surface area contributed by atoms with Gasteiger partial charge < -0.3 is 15.0 Å². The van der Waals surface area contributed by atoms with Crippen LogP contribution in [0.2, 0.25) is 0 Å². The molecule has 0 aromatic heterocycles. The molecular weight excluding hydrogens is 292 g/mol. The van der Waals surface area contributed by atoms with Crippen LogP contribution < -0.4 is 10.1 Å². The standard InChI is InChI=1S/C14H21BrN2O/c1-17-7-5-12(6-8-17)16-10-11-3-4-14(18-2)13(15)9-11/h3-4,9,12,16H,5-8,10H2,1-2H3. The van der Waals surface area contributed by atoms with Crippen LogP contribution in [0.3, 0.4) is 0 Å². The Hall–Kier alpha value is -0.580. The molecule has 0 spiro atoms. The summed E-state index contributed by atoms with van der Waals surface area (Å²) in [6.45, 7) is 3.32. The van der Waals surface area contributed by atoms with Gasteiger partial charge in [0.1, 0.15) is 5.75 Å². The molecule has 1 fully saturated rings. The van der Waals surface area contributed by atoms with Gasteiger partial charge >= 0.3 is 0 Å². The zero-order valence-electron chi connectivity index (χ0n) is 11.1. The van der Waals surface area contributed by atoms with Crippen molar-refractivity contribution in [2.45, 2.75) is 25.4 Å². The third kappa shape index (κ3) is 3.70. The topological polar surface area (TPSA) is 24.5 Å². The normalized spacial score (nSPS) is 17.9. The SMILES string of the molecule is COc1ccc(CNC2CCN(C)CC2)cc1Br. The Kier molecular flexibility index (Phi) is 5.03. The van der Waals surface area contributed by atoms with E-state index < -0.39 is 0 Å². The predicted octanol–water partition coefficient (Wildman–Crippen LogP) is 2.64. The number of likely N-dealkylation sites (tertiary alicyclic amines) is 1. The second kappa shape index (κ2) is 6.55. The molecule has 0 unspecified atom stereocenters. The first-order valence-electron chi connectivity index (χ1n) is 6.43. The van der Waals surface area contributed by atoms with Gasteiger partial charge in [-0.15, -0.1) is 0 Å². The van der Waals surface area contributed by atoms with Crippen molar-refractivity contribution in [3.05, 3.63) is 28.2 Å².